The molecule has 7 heteroatoms. The number of nitrogens with zero attached hydrogens (tertiary/aromatic N) is 1. The van der Waals surface area contributed by atoms with Crippen LogP contribution in [0, 0.1) is 5.92 Å². The second kappa shape index (κ2) is 9.66. The first kappa shape index (κ1) is 18.8. The number of rotatable bonds is 6. The molecule has 0 saturated carbocycles. The maximum absolute atomic E-state index is 12.2. The predicted octanol–water partition coefficient (Wildman–Crippen LogP) is 1.40. The number of hydrogen-bond acceptors (Lipinski definition) is 4. The molecule has 1 aromatic carbocycles. The van der Waals surface area contributed by atoms with Gasteiger partial charge in [-0.05, 0) is 31.9 Å². The largest absolute Gasteiger partial charge is 0.450 e. The average molecular weight is 347 g/mol. The fourth-order valence-corrected chi connectivity index (χ4v) is 2.74. The third-order valence-corrected chi connectivity index (χ3v) is 4.14. The van der Waals surface area contributed by atoms with Gasteiger partial charge in [0.05, 0.1) is 6.61 Å². The van der Waals surface area contributed by atoms with E-state index in [0.29, 0.717) is 51.2 Å². The van der Waals surface area contributed by atoms with Crippen LogP contribution in [0.3, 0.4) is 0 Å². The fourth-order valence-electron chi connectivity index (χ4n) is 2.74. The van der Waals surface area contributed by atoms with Crippen LogP contribution in [0.1, 0.15) is 30.1 Å². The lowest BCUT2D eigenvalue weighted by Crippen LogP contribution is -2.44. The second-order valence-electron chi connectivity index (χ2n) is 5.87. The Bertz CT molecular complexity index is 583. The van der Waals surface area contributed by atoms with Crippen molar-refractivity contribution in [2.24, 2.45) is 5.92 Å². The van der Waals surface area contributed by atoms with E-state index in [1.54, 1.807) is 36.1 Å². The highest BCUT2D eigenvalue weighted by Gasteiger charge is 2.27. The second-order valence-corrected chi connectivity index (χ2v) is 5.87. The molecule has 2 N–H and O–H groups in total. The smallest absolute Gasteiger partial charge is 0.409 e. The van der Waals surface area contributed by atoms with Crippen molar-refractivity contribution in [3.8, 4) is 0 Å². The normalized spacial score (nSPS) is 14.7. The minimum Gasteiger partial charge on any atom is -0.450 e. The zero-order valence-electron chi connectivity index (χ0n) is 14.5. The quantitative estimate of drug-likeness (QED) is 0.762. The molecule has 1 saturated heterocycles. The Morgan fingerprint density at radius 1 is 1.08 bits per heavy atom. The van der Waals surface area contributed by atoms with Crippen LogP contribution in [0.15, 0.2) is 30.3 Å². The van der Waals surface area contributed by atoms with E-state index in [0.717, 1.165) is 0 Å². The van der Waals surface area contributed by atoms with E-state index < -0.39 is 0 Å². The van der Waals surface area contributed by atoms with Gasteiger partial charge in [-0.2, -0.15) is 0 Å². The van der Waals surface area contributed by atoms with Crippen LogP contribution in [0.25, 0.3) is 0 Å². The summed E-state index contributed by atoms with van der Waals surface area (Å²) in [5, 5.41) is 5.61. The molecule has 25 heavy (non-hydrogen) atoms. The minimum atomic E-state index is -0.315. The predicted molar refractivity (Wildman–Crippen MR) is 93.1 cm³/mol. The maximum atomic E-state index is 12.2. The van der Waals surface area contributed by atoms with Crippen molar-refractivity contribution in [3.63, 3.8) is 0 Å². The van der Waals surface area contributed by atoms with E-state index in [2.05, 4.69) is 10.6 Å². The third kappa shape index (κ3) is 5.77. The van der Waals surface area contributed by atoms with Gasteiger partial charge in [-0.3, -0.25) is 9.59 Å². The first-order chi connectivity index (χ1) is 12.1. The summed E-state index contributed by atoms with van der Waals surface area (Å²) in [6, 6.07) is 8.94. The topological polar surface area (TPSA) is 87.7 Å². The minimum absolute atomic E-state index is 0.0301. The Kier molecular flexibility index (Phi) is 7.25. The van der Waals surface area contributed by atoms with Crippen LogP contribution in [0.2, 0.25) is 0 Å². The molecule has 0 spiro atoms. The summed E-state index contributed by atoms with van der Waals surface area (Å²) in [6.07, 6.45) is 0.937. The van der Waals surface area contributed by atoms with Crippen LogP contribution in [0.5, 0.6) is 0 Å². The van der Waals surface area contributed by atoms with E-state index in [1.807, 2.05) is 6.07 Å². The molecule has 0 atom stereocenters. The molecule has 0 unspecified atom stereocenters. The van der Waals surface area contributed by atoms with Gasteiger partial charge in [-0.15, -0.1) is 0 Å². The molecule has 1 heterocycles. The molecule has 1 fully saturated rings. The van der Waals surface area contributed by atoms with E-state index in [1.165, 1.54) is 0 Å². The van der Waals surface area contributed by atoms with Crippen molar-refractivity contribution in [3.05, 3.63) is 35.9 Å². The van der Waals surface area contributed by atoms with E-state index in [9.17, 15) is 14.4 Å². The third-order valence-electron chi connectivity index (χ3n) is 4.14. The molecule has 0 radical (unpaired) electrons. The van der Waals surface area contributed by atoms with Gasteiger partial charge in [-0.25, -0.2) is 4.79 Å². The Labute approximate surface area is 147 Å². The Morgan fingerprint density at radius 2 is 1.72 bits per heavy atom. The van der Waals surface area contributed by atoms with Gasteiger partial charge in [0, 0.05) is 37.7 Å². The van der Waals surface area contributed by atoms with Crippen molar-refractivity contribution < 1.29 is 19.1 Å². The molecule has 3 amide bonds. The van der Waals surface area contributed by atoms with Gasteiger partial charge in [0.15, 0.2) is 0 Å². The molecule has 136 valence electrons. The number of piperidine rings is 1. The van der Waals surface area contributed by atoms with Gasteiger partial charge in [-0.1, -0.05) is 18.2 Å². The number of likely N-dealkylation sites (tertiary alicyclic amines) is 1. The molecule has 1 aliphatic heterocycles. The van der Waals surface area contributed by atoms with Gasteiger partial charge in [0.25, 0.3) is 5.91 Å². The van der Waals surface area contributed by atoms with E-state index >= 15 is 0 Å². The SMILES string of the molecule is CCOC(=O)N1CCC(C(=O)NCCNC(=O)c2ccccc2)CC1. The Balaban J connectivity index is 1.63. The van der Waals surface area contributed by atoms with Gasteiger partial charge in [0.1, 0.15) is 0 Å². The van der Waals surface area contributed by atoms with Crippen LogP contribution >= 0.6 is 0 Å². The van der Waals surface area contributed by atoms with E-state index in [4.69, 9.17) is 4.74 Å². The first-order valence-electron chi connectivity index (χ1n) is 8.64. The number of carbonyl (C=O) groups is 3. The lowest BCUT2D eigenvalue weighted by molar-refractivity contribution is -0.126. The fraction of sp³-hybridized carbons (Fsp3) is 0.500. The molecule has 1 aromatic rings. The van der Waals surface area contributed by atoms with Crippen molar-refractivity contribution >= 4 is 17.9 Å². The molecule has 2 rings (SSSR count). The van der Waals surface area contributed by atoms with Crippen LogP contribution in [-0.4, -0.2) is 55.6 Å². The summed E-state index contributed by atoms with van der Waals surface area (Å²) in [7, 11) is 0. The highest BCUT2D eigenvalue weighted by molar-refractivity contribution is 5.94. The zero-order valence-corrected chi connectivity index (χ0v) is 14.5. The summed E-state index contributed by atoms with van der Waals surface area (Å²) in [5.74, 6) is -0.287. The van der Waals surface area contributed by atoms with Gasteiger partial charge < -0.3 is 20.3 Å². The van der Waals surface area contributed by atoms with E-state index in [-0.39, 0.29) is 23.8 Å². The standard InChI is InChI=1S/C18H25N3O4/c1-2-25-18(24)21-12-8-15(9-13-21)17(23)20-11-10-19-16(22)14-6-4-3-5-7-14/h3-7,15H,2,8-13H2,1H3,(H,19,22)(H,20,23). The molecular formula is C18H25N3O4. The number of ether oxygens (including phenoxy) is 1. The molecule has 0 bridgehead atoms. The summed E-state index contributed by atoms with van der Waals surface area (Å²) in [6.45, 7) is 3.95. The lowest BCUT2D eigenvalue weighted by atomic mass is 9.96. The lowest BCUT2D eigenvalue weighted by Gasteiger charge is -2.30. The molecule has 7 nitrogen and oxygen atoms in total. The van der Waals surface area contributed by atoms with Crippen molar-refractivity contribution in [1.82, 2.24) is 15.5 Å². The highest BCUT2D eigenvalue weighted by atomic mass is 16.6. The Hall–Kier alpha value is -2.57. The van der Waals surface area contributed by atoms with Gasteiger partial charge >= 0.3 is 6.09 Å². The first-order valence-corrected chi connectivity index (χ1v) is 8.64. The highest BCUT2D eigenvalue weighted by Crippen LogP contribution is 2.17. The molecular weight excluding hydrogens is 322 g/mol. The molecule has 0 aromatic heterocycles. The van der Waals surface area contributed by atoms with Crippen LogP contribution < -0.4 is 10.6 Å². The van der Waals surface area contributed by atoms with Crippen LogP contribution in [0.4, 0.5) is 4.79 Å². The number of nitrogens with one attached hydrogen (secondary N) is 2. The number of hydrogen-bond donors (Lipinski definition) is 2. The van der Waals surface area contributed by atoms with Crippen LogP contribution in [-0.2, 0) is 9.53 Å². The summed E-state index contributed by atoms with van der Waals surface area (Å²) < 4.78 is 4.96. The summed E-state index contributed by atoms with van der Waals surface area (Å²) in [5.41, 5.74) is 0.597. The monoisotopic (exact) mass is 347 g/mol. The molecule has 0 aliphatic carbocycles. The average Bonchev–Trinajstić information content (AvgIpc) is 2.66. The number of carbonyl (C=O) groups excluding carboxylic acids is 3. The molecule has 1 aliphatic rings. The Morgan fingerprint density at radius 3 is 2.36 bits per heavy atom. The van der Waals surface area contributed by atoms with Crippen molar-refractivity contribution in [2.45, 2.75) is 19.8 Å². The van der Waals surface area contributed by atoms with Crippen molar-refractivity contribution in [2.75, 3.05) is 32.8 Å². The zero-order chi connectivity index (χ0) is 18.1. The van der Waals surface area contributed by atoms with Crippen molar-refractivity contribution in [1.29, 1.82) is 0 Å². The maximum Gasteiger partial charge on any atom is 0.409 e. The summed E-state index contributed by atoms with van der Waals surface area (Å²) in [4.78, 5) is 37.3. The number of benzene rings is 1. The number of amides is 3. The van der Waals surface area contributed by atoms with Gasteiger partial charge in [0.2, 0.25) is 5.91 Å². The summed E-state index contributed by atoms with van der Waals surface area (Å²) >= 11 is 0.